The van der Waals surface area contributed by atoms with Gasteiger partial charge < -0.3 is 0 Å². The summed E-state index contributed by atoms with van der Waals surface area (Å²) >= 11 is 0. The lowest BCUT2D eigenvalue weighted by molar-refractivity contribution is 0.111. The third-order valence-electron chi connectivity index (χ3n) is 2.45. The summed E-state index contributed by atoms with van der Waals surface area (Å²) in [5, 5.41) is 10.5. The van der Waals surface area contributed by atoms with Crippen molar-refractivity contribution in [2.45, 2.75) is 0 Å². The van der Waals surface area contributed by atoms with Gasteiger partial charge in [0.15, 0.2) is 6.29 Å². The number of hydrogen-bond acceptors (Lipinski definition) is 3. The van der Waals surface area contributed by atoms with Crippen LogP contribution in [0.5, 0.6) is 0 Å². The molecule has 0 unspecified atom stereocenters. The number of carbonyl (C=O) groups excluding carboxylic acids is 2. The maximum atomic E-state index is 10.7. The average Bonchev–Trinajstić information content (AvgIpc) is 2.36. The molecule has 0 aliphatic rings. The van der Waals surface area contributed by atoms with Crippen molar-refractivity contribution in [2.24, 2.45) is 0 Å². The number of carbonyl (C=O) groups is 2. The topological polar surface area (TPSA) is 57.9 Å². The van der Waals surface area contributed by atoms with Gasteiger partial charge >= 0.3 is 0 Å². The van der Waals surface area contributed by atoms with Gasteiger partial charge in [-0.1, -0.05) is 18.2 Å². The third-order valence-corrected chi connectivity index (χ3v) is 2.45. The highest BCUT2D eigenvalue weighted by molar-refractivity contribution is 5.97. The molecule has 0 N–H and O–H groups in total. The van der Waals surface area contributed by atoms with E-state index >= 15 is 0 Å². The first kappa shape index (κ1) is 10.1. The van der Waals surface area contributed by atoms with Gasteiger partial charge in [-0.25, -0.2) is 0 Å². The average molecular weight is 209 g/mol. The molecule has 0 saturated heterocycles. The van der Waals surface area contributed by atoms with Crippen LogP contribution in [-0.4, -0.2) is 12.6 Å². The second-order valence-corrected chi connectivity index (χ2v) is 3.36. The Morgan fingerprint density at radius 1 is 1.06 bits per heavy atom. The molecule has 0 saturated carbocycles. The maximum Gasteiger partial charge on any atom is 0.151 e. The summed E-state index contributed by atoms with van der Waals surface area (Å²) in [6, 6.07) is 10.3. The lowest BCUT2D eigenvalue weighted by atomic mass is 9.99. The standard InChI is InChI=1S/C13H7NO2/c14-6-13-11(8-16)3-2-10-5-9(7-15)1-4-12(10)13/h1-5,7-8H. The SMILES string of the molecule is N#Cc1c(C=O)ccc2cc(C=O)ccc12. The van der Waals surface area contributed by atoms with Crippen LogP contribution in [0.1, 0.15) is 26.3 Å². The van der Waals surface area contributed by atoms with E-state index in [-0.39, 0.29) is 0 Å². The van der Waals surface area contributed by atoms with E-state index in [0.29, 0.717) is 28.4 Å². The highest BCUT2D eigenvalue weighted by atomic mass is 16.1. The first-order valence-electron chi connectivity index (χ1n) is 4.67. The summed E-state index contributed by atoms with van der Waals surface area (Å²) in [6.45, 7) is 0. The molecule has 76 valence electrons. The van der Waals surface area contributed by atoms with Gasteiger partial charge in [0.25, 0.3) is 0 Å². The van der Waals surface area contributed by atoms with Crippen molar-refractivity contribution in [1.29, 1.82) is 5.26 Å². The number of rotatable bonds is 2. The summed E-state index contributed by atoms with van der Waals surface area (Å²) in [5.74, 6) is 0. The molecule has 0 aromatic heterocycles. The third kappa shape index (κ3) is 1.47. The molecule has 0 bridgehead atoms. The molecule has 3 heteroatoms. The van der Waals surface area contributed by atoms with Crippen LogP contribution in [0, 0.1) is 11.3 Å². The number of benzene rings is 2. The minimum Gasteiger partial charge on any atom is -0.298 e. The Morgan fingerprint density at radius 2 is 1.88 bits per heavy atom. The number of hydrogen-bond donors (Lipinski definition) is 0. The van der Waals surface area contributed by atoms with Gasteiger partial charge in [-0.15, -0.1) is 0 Å². The molecule has 3 nitrogen and oxygen atoms in total. The predicted molar refractivity (Wildman–Crippen MR) is 59.4 cm³/mol. The van der Waals surface area contributed by atoms with Crippen molar-refractivity contribution in [3.63, 3.8) is 0 Å². The van der Waals surface area contributed by atoms with Gasteiger partial charge in [0.05, 0.1) is 5.56 Å². The van der Waals surface area contributed by atoms with Crippen LogP contribution in [0.25, 0.3) is 10.8 Å². The fraction of sp³-hybridized carbons (Fsp3) is 0. The highest BCUT2D eigenvalue weighted by Crippen LogP contribution is 2.21. The Bertz CT molecular complexity index is 624. The summed E-state index contributed by atoms with van der Waals surface area (Å²) < 4.78 is 0. The zero-order chi connectivity index (χ0) is 11.5. The van der Waals surface area contributed by atoms with Crippen LogP contribution in [0.15, 0.2) is 30.3 Å². The van der Waals surface area contributed by atoms with Gasteiger partial charge in [-0.2, -0.15) is 5.26 Å². The Balaban J connectivity index is 2.85. The van der Waals surface area contributed by atoms with Crippen molar-refractivity contribution in [3.05, 3.63) is 47.0 Å². The normalized spacial score (nSPS) is 9.69. The maximum absolute atomic E-state index is 10.7. The first-order valence-corrected chi connectivity index (χ1v) is 4.67. The van der Waals surface area contributed by atoms with E-state index < -0.39 is 0 Å². The monoisotopic (exact) mass is 209 g/mol. The largest absolute Gasteiger partial charge is 0.298 e. The Morgan fingerprint density at radius 3 is 2.50 bits per heavy atom. The second kappa shape index (κ2) is 3.95. The van der Waals surface area contributed by atoms with Crippen molar-refractivity contribution < 1.29 is 9.59 Å². The zero-order valence-electron chi connectivity index (χ0n) is 8.31. The van der Waals surface area contributed by atoms with Crippen LogP contribution in [0.2, 0.25) is 0 Å². The molecule has 0 radical (unpaired) electrons. The number of fused-ring (bicyclic) bond motifs is 1. The lowest BCUT2D eigenvalue weighted by Gasteiger charge is -2.03. The predicted octanol–water partition coefficient (Wildman–Crippen LogP) is 2.34. The number of nitrogens with zero attached hydrogens (tertiary/aromatic N) is 1. The molecule has 0 heterocycles. The van der Waals surface area contributed by atoms with E-state index in [1.54, 1.807) is 30.3 Å². The van der Waals surface area contributed by atoms with Gasteiger partial charge in [-0.05, 0) is 17.5 Å². The van der Waals surface area contributed by atoms with E-state index in [0.717, 1.165) is 11.7 Å². The summed E-state index contributed by atoms with van der Waals surface area (Å²) in [4.78, 5) is 21.4. The number of nitriles is 1. The van der Waals surface area contributed by atoms with E-state index in [1.807, 2.05) is 6.07 Å². The fourth-order valence-corrected chi connectivity index (χ4v) is 1.66. The van der Waals surface area contributed by atoms with Gasteiger partial charge in [0.2, 0.25) is 0 Å². The van der Waals surface area contributed by atoms with Crippen molar-refractivity contribution in [1.82, 2.24) is 0 Å². The summed E-state index contributed by atoms with van der Waals surface area (Å²) in [6.07, 6.45) is 1.41. The van der Waals surface area contributed by atoms with Gasteiger partial charge in [0, 0.05) is 16.5 Å². The molecule has 0 spiro atoms. The minimum absolute atomic E-state index is 0.352. The molecule has 2 rings (SSSR count). The van der Waals surface area contributed by atoms with Crippen LogP contribution < -0.4 is 0 Å². The first-order chi connectivity index (χ1) is 7.80. The molecule has 0 fully saturated rings. The highest BCUT2D eigenvalue weighted by Gasteiger charge is 2.06. The van der Waals surface area contributed by atoms with E-state index in [9.17, 15) is 9.59 Å². The Hall–Kier alpha value is -2.47. The summed E-state index contributed by atoms with van der Waals surface area (Å²) in [5.41, 5.74) is 1.27. The molecule has 0 atom stereocenters. The minimum atomic E-state index is 0.352. The van der Waals surface area contributed by atoms with Crippen molar-refractivity contribution >= 4 is 23.3 Å². The molecule has 0 aliphatic heterocycles. The molecule has 2 aromatic carbocycles. The zero-order valence-corrected chi connectivity index (χ0v) is 8.31. The molecule has 0 amide bonds. The van der Waals surface area contributed by atoms with E-state index in [2.05, 4.69) is 0 Å². The van der Waals surface area contributed by atoms with Crippen molar-refractivity contribution in [3.8, 4) is 6.07 Å². The van der Waals surface area contributed by atoms with Gasteiger partial charge in [-0.3, -0.25) is 9.59 Å². The number of aldehydes is 2. The molecule has 0 aliphatic carbocycles. The van der Waals surface area contributed by atoms with Crippen LogP contribution in [-0.2, 0) is 0 Å². The van der Waals surface area contributed by atoms with Crippen LogP contribution >= 0.6 is 0 Å². The van der Waals surface area contributed by atoms with Gasteiger partial charge in [0.1, 0.15) is 12.4 Å². The van der Waals surface area contributed by atoms with Crippen LogP contribution in [0.4, 0.5) is 0 Å². The second-order valence-electron chi connectivity index (χ2n) is 3.36. The smallest absolute Gasteiger partial charge is 0.151 e. The Kier molecular flexibility index (Phi) is 2.49. The van der Waals surface area contributed by atoms with Crippen LogP contribution in [0.3, 0.4) is 0 Å². The molecule has 16 heavy (non-hydrogen) atoms. The molecule has 2 aromatic rings. The quantitative estimate of drug-likeness (QED) is 0.713. The fourth-order valence-electron chi connectivity index (χ4n) is 1.66. The summed E-state index contributed by atoms with van der Waals surface area (Å²) in [7, 11) is 0. The Labute approximate surface area is 91.9 Å². The van der Waals surface area contributed by atoms with E-state index in [4.69, 9.17) is 5.26 Å². The molecular weight excluding hydrogens is 202 g/mol. The molecular formula is C13H7NO2. The van der Waals surface area contributed by atoms with Crippen molar-refractivity contribution in [2.75, 3.05) is 0 Å². The lowest BCUT2D eigenvalue weighted by Crippen LogP contribution is -1.90. The van der Waals surface area contributed by atoms with E-state index in [1.165, 1.54) is 0 Å².